The molecule has 0 bridgehead atoms. The normalized spacial score (nSPS) is 14.1. The zero-order valence-electron chi connectivity index (χ0n) is 16.5. The molecule has 0 saturated carbocycles. The van der Waals surface area contributed by atoms with E-state index in [4.69, 9.17) is 4.74 Å². The maximum atomic E-state index is 13.5. The molecule has 3 aromatic rings. The number of amides is 1. The van der Waals surface area contributed by atoms with Crippen molar-refractivity contribution in [1.82, 2.24) is 14.9 Å². The highest BCUT2D eigenvalue weighted by atomic mass is 19.1. The number of halogens is 1. The molecule has 1 aliphatic rings. The third-order valence-corrected chi connectivity index (χ3v) is 4.96. The van der Waals surface area contributed by atoms with Crippen LogP contribution in [0.2, 0.25) is 0 Å². The van der Waals surface area contributed by atoms with Crippen LogP contribution in [-0.2, 0) is 4.74 Å². The van der Waals surface area contributed by atoms with Gasteiger partial charge in [0.1, 0.15) is 5.82 Å². The highest BCUT2D eigenvalue weighted by Gasteiger charge is 2.27. The summed E-state index contributed by atoms with van der Waals surface area (Å²) in [5.74, 6) is -0.733. The van der Waals surface area contributed by atoms with Gasteiger partial charge < -0.3 is 14.5 Å². The molecule has 0 unspecified atom stereocenters. The average molecular weight is 408 g/mol. The maximum absolute atomic E-state index is 13.5. The number of fused-ring (bicyclic) bond motifs is 1. The lowest BCUT2D eigenvalue weighted by Crippen LogP contribution is -2.49. The topological polar surface area (TPSA) is 75.6 Å². The van der Waals surface area contributed by atoms with E-state index in [0.29, 0.717) is 48.6 Å². The van der Waals surface area contributed by atoms with E-state index < -0.39 is 11.8 Å². The molecule has 1 saturated heterocycles. The lowest BCUT2D eigenvalue weighted by Gasteiger charge is -2.35. The van der Waals surface area contributed by atoms with Gasteiger partial charge in [0.15, 0.2) is 11.5 Å². The zero-order chi connectivity index (χ0) is 21.1. The molecule has 0 aliphatic carbocycles. The second kappa shape index (κ2) is 8.44. The number of piperazine rings is 1. The van der Waals surface area contributed by atoms with Gasteiger partial charge in [0.05, 0.1) is 17.6 Å². The monoisotopic (exact) mass is 408 g/mol. The molecule has 7 nitrogen and oxygen atoms in total. The van der Waals surface area contributed by atoms with Crippen molar-refractivity contribution in [3.63, 3.8) is 0 Å². The van der Waals surface area contributed by atoms with Crippen LogP contribution >= 0.6 is 0 Å². The summed E-state index contributed by atoms with van der Waals surface area (Å²) in [5.41, 5.74) is 1.78. The van der Waals surface area contributed by atoms with Gasteiger partial charge in [-0.1, -0.05) is 18.2 Å². The van der Waals surface area contributed by atoms with Gasteiger partial charge in [-0.2, -0.15) is 0 Å². The van der Waals surface area contributed by atoms with Crippen molar-refractivity contribution in [3.05, 3.63) is 65.6 Å². The van der Waals surface area contributed by atoms with Crippen LogP contribution in [0.15, 0.2) is 48.5 Å². The van der Waals surface area contributed by atoms with E-state index in [1.807, 2.05) is 23.1 Å². The van der Waals surface area contributed by atoms with Gasteiger partial charge in [0.25, 0.3) is 5.91 Å². The molecule has 154 valence electrons. The van der Waals surface area contributed by atoms with Crippen molar-refractivity contribution in [2.75, 3.05) is 37.7 Å². The lowest BCUT2D eigenvalue weighted by atomic mass is 10.1. The van der Waals surface area contributed by atoms with Crippen LogP contribution in [0.1, 0.15) is 27.8 Å². The zero-order valence-corrected chi connectivity index (χ0v) is 16.5. The van der Waals surface area contributed by atoms with Gasteiger partial charge in [-0.25, -0.2) is 19.2 Å². The largest absolute Gasteiger partial charge is 0.461 e. The Morgan fingerprint density at radius 3 is 2.37 bits per heavy atom. The first kappa shape index (κ1) is 19.8. The molecule has 2 aromatic carbocycles. The number of ether oxygens (including phenoxy) is 1. The standard InChI is InChI=1S/C22H21FN4O3/c1-2-30-22(29)19-20(25-18-9-4-3-8-17(18)24-19)26-10-12-27(13-11-26)21(28)15-6-5-7-16(23)14-15/h3-9,14H,2,10-13H2,1H3. The third kappa shape index (κ3) is 3.94. The van der Waals surface area contributed by atoms with Crippen molar-refractivity contribution in [1.29, 1.82) is 0 Å². The molecular formula is C22H21FN4O3. The summed E-state index contributed by atoms with van der Waals surface area (Å²) in [6.07, 6.45) is 0. The number of aromatic nitrogens is 2. The van der Waals surface area contributed by atoms with Crippen LogP contribution in [0.3, 0.4) is 0 Å². The van der Waals surface area contributed by atoms with Crippen molar-refractivity contribution in [3.8, 4) is 0 Å². The van der Waals surface area contributed by atoms with Crippen LogP contribution in [0.4, 0.5) is 10.2 Å². The van der Waals surface area contributed by atoms with Crippen molar-refractivity contribution >= 4 is 28.7 Å². The van der Waals surface area contributed by atoms with Crippen LogP contribution in [0.25, 0.3) is 11.0 Å². The first-order valence-corrected chi connectivity index (χ1v) is 9.80. The first-order valence-electron chi connectivity index (χ1n) is 9.80. The van der Waals surface area contributed by atoms with Crippen molar-refractivity contribution < 1.29 is 18.7 Å². The fourth-order valence-electron chi connectivity index (χ4n) is 3.47. The second-order valence-electron chi connectivity index (χ2n) is 6.89. The second-order valence-corrected chi connectivity index (χ2v) is 6.89. The van der Waals surface area contributed by atoms with E-state index in [2.05, 4.69) is 9.97 Å². The number of rotatable bonds is 4. The SMILES string of the molecule is CCOC(=O)c1nc2ccccc2nc1N1CCN(C(=O)c2cccc(F)c2)CC1. The number of carbonyl (C=O) groups is 2. The van der Waals surface area contributed by atoms with E-state index in [1.54, 1.807) is 24.0 Å². The highest BCUT2D eigenvalue weighted by Crippen LogP contribution is 2.23. The van der Waals surface area contributed by atoms with E-state index in [1.165, 1.54) is 18.2 Å². The van der Waals surface area contributed by atoms with E-state index in [0.717, 1.165) is 0 Å². The minimum Gasteiger partial charge on any atom is -0.461 e. The van der Waals surface area contributed by atoms with Gasteiger partial charge in [0.2, 0.25) is 0 Å². The van der Waals surface area contributed by atoms with Gasteiger partial charge in [-0.15, -0.1) is 0 Å². The molecule has 1 aromatic heterocycles. The Bertz CT molecular complexity index is 1100. The third-order valence-electron chi connectivity index (χ3n) is 4.96. The van der Waals surface area contributed by atoms with Crippen LogP contribution in [0.5, 0.6) is 0 Å². The molecule has 0 N–H and O–H groups in total. The molecular weight excluding hydrogens is 387 g/mol. The Morgan fingerprint density at radius 1 is 1.00 bits per heavy atom. The number of para-hydroxylation sites is 2. The van der Waals surface area contributed by atoms with Gasteiger partial charge in [-0.3, -0.25) is 4.79 Å². The molecule has 1 amide bonds. The number of hydrogen-bond donors (Lipinski definition) is 0. The Morgan fingerprint density at radius 2 is 1.70 bits per heavy atom. The summed E-state index contributed by atoms with van der Waals surface area (Å²) in [7, 11) is 0. The number of hydrogen-bond acceptors (Lipinski definition) is 6. The lowest BCUT2D eigenvalue weighted by molar-refractivity contribution is 0.0519. The summed E-state index contributed by atoms with van der Waals surface area (Å²) < 4.78 is 18.6. The Hall–Kier alpha value is -3.55. The molecule has 30 heavy (non-hydrogen) atoms. The minimum atomic E-state index is -0.524. The van der Waals surface area contributed by atoms with Gasteiger partial charge in [0, 0.05) is 31.7 Å². The predicted molar refractivity (Wildman–Crippen MR) is 110 cm³/mol. The number of esters is 1. The highest BCUT2D eigenvalue weighted by molar-refractivity contribution is 5.96. The molecule has 1 aliphatic heterocycles. The minimum absolute atomic E-state index is 0.167. The summed E-state index contributed by atoms with van der Waals surface area (Å²) in [5, 5.41) is 0. The van der Waals surface area contributed by atoms with E-state index in [-0.39, 0.29) is 18.2 Å². The summed E-state index contributed by atoms with van der Waals surface area (Å²) in [4.78, 5) is 37.9. The van der Waals surface area contributed by atoms with Crippen LogP contribution < -0.4 is 4.90 Å². The molecule has 0 atom stereocenters. The maximum Gasteiger partial charge on any atom is 0.360 e. The van der Waals surface area contributed by atoms with Gasteiger partial charge >= 0.3 is 5.97 Å². The van der Waals surface area contributed by atoms with E-state index >= 15 is 0 Å². The first-order chi connectivity index (χ1) is 14.6. The average Bonchev–Trinajstić information content (AvgIpc) is 2.78. The fraction of sp³-hybridized carbons (Fsp3) is 0.273. The summed E-state index contributed by atoms with van der Waals surface area (Å²) in [6, 6.07) is 13.0. The number of benzene rings is 2. The Kier molecular flexibility index (Phi) is 5.56. The summed E-state index contributed by atoms with van der Waals surface area (Å²) >= 11 is 0. The molecule has 2 heterocycles. The molecule has 1 fully saturated rings. The van der Waals surface area contributed by atoms with Crippen LogP contribution in [0, 0.1) is 5.82 Å². The van der Waals surface area contributed by atoms with Crippen LogP contribution in [-0.4, -0.2) is 59.5 Å². The molecule has 8 heteroatoms. The molecule has 4 rings (SSSR count). The Labute approximate surface area is 173 Å². The number of nitrogens with zero attached hydrogens (tertiary/aromatic N) is 4. The Balaban J connectivity index is 1.57. The van der Waals surface area contributed by atoms with E-state index in [9.17, 15) is 14.0 Å². The molecule has 0 spiro atoms. The van der Waals surface area contributed by atoms with Crippen molar-refractivity contribution in [2.45, 2.75) is 6.92 Å². The smallest absolute Gasteiger partial charge is 0.360 e. The quantitative estimate of drug-likeness (QED) is 0.618. The fourth-order valence-corrected chi connectivity index (χ4v) is 3.47. The molecule has 0 radical (unpaired) electrons. The van der Waals surface area contributed by atoms with Crippen molar-refractivity contribution in [2.24, 2.45) is 0 Å². The predicted octanol–water partition coefficient (Wildman–Crippen LogP) is 2.91. The number of carbonyl (C=O) groups excluding carboxylic acids is 2. The summed E-state index contributed by atoms with van der Waals surface area (Å²) in [6.45, 7) is 3.77. The van der Waals surface area contributed by atoms with Gasteiger partial charge in [-0.05, 0) is 37.3 Å². The number of anilines is 1.